The number of amides is 2. The molecule has 0 saturated carbocycles. The number of urea groups is 1. The molecule has 0 aliphatic carbocycles. The van der Waals surface area contributed by atoms with E-state index in [-0.39, 0.29) is 12.1 Å². The van der Waals surface area contributed by atoms with Crippen LogP contribution in [0.2, 0.25) is 0 Å². The predicted octanol–water partition coefficient (Wildman–Crippen LogP) is 3.76. The summed E-state index contributed by atoms with van der Waals surface area (Å²) in [7, 11) is 0. The predicted molar refractivity (Wildman–Crippen MR) is 72.8 cm³/mol. The monoisotopic (exact) mass is 248 g/mol. The molecule has 0 atom stereocenters. The Labute approximate surface area is 106 Å². The lowest BCUT2D eigenvalue weighted by Crippen LogP contribution is -2.35. The molecule has 3 nitrogen and oxygen atoms in total. The second kappa shape index (κ2) is 4.45. The number of anilines is 1. The molecule has 4 heteroatoms. The SMILES string of the molecule is C=C1SN(c2ccccc2C)C(=O)N1C(C)C. The van der Waals surface area contributed by atoms with Crippen molar-refractivity contribution in [3.8, 4) is 0 Å². The van der Waals surface area contributed by atoms with Crippen LogP contribution in [-0.4, -0.2) is 17.0 Å². The zero-order valence-electron chi connectivity index (χ0n) is 10.3. The van der Waals surface area contributed by atoms with Crippen molar-refractivity contribution in [3.63, 3.8) is 0 Å². The number of carbonyl (C=O) groups excluding carboxylic acids is 1. The summed E-state index contributed by atoms with van der Waals surface area (Å²) in [6, 6.07) is 8.00. The molecule has 2 rings (SSSR count). The number of benzene rings is 1. The molecule has 1 aliphatic rings. The molecule has 1 aromatic rings. The smallest absolute Gasteiger partial charge is 0.284 e. The zero-order chi connectivity index (χ0) is 12.6. The van der Waals surface area contributed by atoms with Crippen LogP contribution in [0, 0.1) is 6.92 Å². The summed E-state index contributed by atoms with van der Waals surface area (Å²) in [5, 5.41) is 0.785. The van der Waals surface area contributed by atoms with Crippen LogP contribution in [0.5, 0.6) is 0 Å². The normalized spacial score (nSPS) is 16.2. The first-order valence-corrected chi connectivity index (χ1v) is 6.35. The fraction of sp³-hybridized carbons (Fsp3) is 0.308. The van der Waals surface area contributed by atoms with Gasteiger partial charge in [0.25, 0.3) is 0 Å². The quantitative estimate of drug-likeness (QED) is 0.744. The van der Waals surface area contributed by atoms with Gasteiger partial charge in [-0.1, -0.05) is 24.8 Å². The maximum atomic E-state index is 12.3. The van der Waals surface area contributed by atoms with E-state index in [4.69, 9.17) is 0 Å². The first kappa shape index (κ1) is 12.0. The van der Waals surface area contributed by atoms with Gasteiger partial charge in [-0.2, -0.15) is 0 Å². The Morgan fingerprint density at radius 2 is 1.94 bits per heavy atom. The van der Waals surface area contributed by atoms with Crippen molar-refractivity contribution in [2.75, 3.05) is 4.31 Å². The van der Waals surface area contributed by atoms with Crippen LogP contribution >= 0.6 is 11.9 Å². The summed E-state index contributed by atoms with van der Waals surface area (Å²) in [5.41, 5.74) is 2.03. The van der Waals surface area contributed by atoms with Crippen molar-refractivity contribution in [1.29, 1.82) is 0 Å². The molecule has 1 aromatic carbocycles. The molecule has 1 aliphatic heterocycles. The topological polar surface area (TPSA) is 23.6 Å². The molecule has 0 aromatic heterocycles. The van der Waals surface area contributed by atoms with E-state index in [2.05, 4.69) is 6.58 Å². The first-order chi connectivity index (χ1) is 8.02. The molecule has 0 radical (unpaired) electrons. The average Bonchev–Trinajstić information content (AvgIpc) is 2.55. The van der Waals surface area contributed by atoms with Crippen LogP contribution < -0.4 is 4.31 Å². The summed E-state index contributed by atoms with van der Waals surface area (Å²) < 4.78 is 1.71. The maximum Gasteiger partial charge on any atom is 0.340 e. The van der Waals surface area contributed by atoms with Crippen LogP contribution in [0.4, 0.5) is 10.5 Å². The van der Waals surface area contributed by atoms with E-state index < -0.39 is 0 Å². The van der Waals surface area contributed by atoms with Crippen LogP contribution in [-0.2, 0) is 0 Å². The molecule has 17 heavy (non-hydrogen) atoms. The molecule has 0 bridgehead atoms. The summed E-state index contributed by atoms with van der Waals surface area (Å²) >= 11 is 1.39. The van der Waals surface area contributed by atoms with Crippen LogP contribution in [0.25, 0.3) is 0 Å². The number of aryl methyl sites for hydroxylation is 1. The van der Waals surface area contributed by atoms with Gasteiger partial charge in [-0.3, -0.25) is 4.90 Å². The molecule has 1 fully saturated rings. The Bertz CT molecular complexity index is 470. The molecule has 0 N–H and O–H groups in total. The van der Waals surface area contributed by atoms with Crippen molar-refractivity contribution in [1.82, 2.24) is 4.90 Å². The Balaban J connectivity index is 2.35. The largest absolute Gasteiger partial charge is 0.340 e. The van der Waals surface area contributed by atoms with E-state index >= 15 is 0 Å². The lowest BCUT2D eigenvalue weighted by molar-refractivity contribution is 0.218. The highest BCUT2D eigenvalue weighted by molar-refractivity contribution is 8.05. The van der Waals surface area contributed by atoms with Gasteiger partial charge in [0.05, 0.1) is 10.7 Å². The highest BCUT2D eigenvalue weighted by Gasteiger charge is 2.36. The summed E-state index contributed by atoms with van der Waals surface area (Å²) in [6.07, 6.45) is 0. The van der Waals surface area contributed by atoms with Gasteiger partial charge < -0.3 is 0 Å². The number of hydrogen-bond donors (Lipinski definition) is 0. The minimum absolute atomic E-state index is 0.00991. The molecule has 2 amide bonds. The van der Waals surface area contributed by atoms with E-state index in [1.165, 1.54) is 11.9 Å². The standard InChI is InChI=1S/C13H16N2OS/c1-9(2)14-11(4)17-15(13(14)16)12-8-6-5-7-10(12)3/h5-9H,4H2,1-3H3. The van der Waals surface area contributed by atoms with E-state index in [1.807, 2.05) is 45.0 Å². The minimum atomic E-state index is -0.00991. The van der Waals surface area contributed by atoms with Gasteiger partial charge in [-0.05, 0) is 32.4 Å². The summed E-state index contributed by atoms with van der Waals surface area (Å²) in [5.74, 6) is 0. The van der Waals surface area contributed by atoms with Crippen LogP contribution in [0.3, 0.4) is 0 Å². The summed E-state index contributed by atoms with van der Waals surface area (Å²) in [4.78, 5) is 14.0. The highest BCUT2D eigenvalue weighted by atomic mass is 32.2. The third-order valence-corrected chi connectivity index (χ3v) is 3.64. The number of carbonyl (C=O) groups is 1. The summed E-state index contributed by atoms with van der Waals surface area (Å²) in [6.45, 7) is 9.93. The van der Waals surface area contributed by atoms with Crippen molar-refractivity contribution >= 4 is 23.7 Å². The van der Waals surface area contributed by atoms with Gasteiger partial charge in [0.2, 0.25) is 0 Å². The van der Waals surface area contributed by atoms with Gasteiger partial charge in [0.1, 0.15) is 0 Å². The third kappa shape index (κ3) is 2.05. The van der Waals surface area contributed by atoms with Gasteiger partial charge in [-0.15, -0.1) is 0 Å². The second-order valence-corrected chi connectivity index (χ2v) is 5.33. The Kier molecular flexibility index (Phi) is 3.15. The molecule has 0 spiro atoms. The van der Waals surface area contributed by atoms with Gasteiger partial charge >= 0.3 is 6.03 Å². The first-order valence-electron chi connectivity index (χ1n) is 5.58. The zero-order valence-corrected chi connectivity index (χ0v) is 11.1. The Morgan fingerprint density at radius 1 is 1.29 bits per heavy atom. The average molecular weight is 248 g/mol. The molecule has 0 unspecified atom stereocenters. The van der Waals surface area contributed by atoms with Crippen molar-refractivity contribution < 1.29 is 4.79 Å². The molecule has 1 saturated heterocycles. The Morgan fingerprint density at radius 3 is 2.47 bits per heavy atom. The lowest BCUT2D eigenvalue weighted by Gasteiger charge is -2.21. The fourth-order valence-electron chi connectivity index (χ4n) is 1.85. The van der Waals surface area contributed by atoms with Crippen molar-refractivity contribution in [3.05, 3.63) is 41.4 Å². The van der Waals surface area contributed by atoms with Gasteiger partial charge in [0, 0.05) is 18.0 Å². The number of para-hydroxylation sites is 1. The van der Waals surface area contributed by atoms with Crippen molar-refractivity contribution in [2.45, 2.75) is 26.8 Å². The molecular formula is C13H16N2OS. The van der Waals surface area contributed by atoms with Gasteiger partial charge in [-0.25, -0.2) is 9.10 Å². The van der Waals surface area contributed by atoms with Crippen LogP contribution in [0.15, 0.2) is 35.9 Å². The second-order valence-electron chi connectivity index (χ2n) is 4.31. The third-order valence-electron chi connectivity index (χ3n) is 2.70. The van der Waals surface area contributed by atoms with E-state index in [9.17, 15) is 4.79 Å². The van der Waals surface area contributed by atoms with Gasteiger partial charge in [0.15, 0.2) is 0 Å². The minimum Gasteiger partial charge on any atom is -0.284 e. The van der Waals surface area contributed by atoms with Crippen LogP contribution in [0.1, 0.15) is 19.4 Å². The van der Waals surface area contributed by atoms with Crippen molar-refractivity contribution in [2.24, 2.45) is 0 Å². The van der Waals surface area contributed by atoms with E-state index in [1.54, 1.807) is 9.21 Å². The lowest BCUT2D eigenvalue weighted by atomic mass is 10.2. The van der Waals surface area contributed by atoms with E-state index in [0.29, 0.717) is 0 Å². The number of hydrogen-bond acceptors (Lipinski definition) is 2. The fourth-order valence-corrected chi connectivity index (χ4v) is 2.90. The molecule has 90 valence electrons. The molecule has 1 heterocycles. The number of nitrogens with zero attached hydrogens (tertiary/aromatic N) is 2. The molecular weight excluding hydrogens is 232 g/mol. The maximum absolute atomic E-state index is 12.3. The van der Waals surface area contributed by atoms with E-state index in [0.717, 1.165) is 16.3 Å². The Hall–Kier alpha value is -1.42. The highest BCUT2D eigenvalue weighted by Crippen LogP contribution is 2.39. The number of rotatable bonds is 2.